The second-order valence-electron chi connectivity index (χ2n) is 5.69. The summed E-state index contributed by atoms with van der Waals surface area (Å²) in [5.74, 6) is -1.03. The Balaban J connectivity index is 1.97. The van der Waals surface area contributed by atoms with E-state index < -0.39 is 5.97 Å². The molecule has 2 rings (SSSR count). The minimum atomic E-state index is -0.715. The largest absolute Gasteiger partial charge is 0.481 e. The van der Waals surface area contributed by atoms with E-state index in [1.807, 2.05) is 6.92 Å². The fourth-order valence-electron chi connectivity index (χ4n) is 3.39. The lowest BCUT2D eigenvalue weighted by Gasteiger charge is -2.39. The first-order chi connectivity index (χ1) is 9.11. The third kappa shape index (κ3) is 3.47. The number of carboxylic acids is 1. The monoisotopic (exact) mass is 268 g/mol. The van der Waals surface area contributed by atoms with Gasteiger partial charge in [-0.1, -0.05) is 6.92 Å². The molecule has 0 aromatic heterocycles. The van der Waals surface area contributed by atoms with Gasteiger partial charge in [0.2, 0.25) is 5.91 Å². The zero-order chi connectivity index (χ0) is 13.8. The van der Waals surface area contributed by atoms with Crippen LogP contribution in [0.4, 0.5) is 0 Å². The number of carbonyl (C=O) groups is 2. The first kappa shape index (κ1) is 14.3. The molecular weight excluding hydrogens is 244 g/mol. The Morgan fingerprint density at radius 1 is 1.26 bits per heavy atom. The van der Waals surface area contributed by atoms with Crippen molar-refractivity contribution >= 4 is 11.9 Å². The van der Waals surface area contributed by atoms with Crippen molar-refractivity contribution in [2.75, 3.05) is 13.1 Å². The molecule has 1 heterocycles. The van der Waals surface area contributed by atoms with Crippen molar-refractivity contribution < 1.29 is 14.7 Å². The predicted molar refractivity (Wildman–Crippen MR) is 71.8 cm³/mol. The molecule has 0 aromatic carbocycles. The first-order valence-electron chi connectivity index (χ1n) is 7.38. The number of rotatable bonds is 4. The number of aliphatic carboxylic acids is 1. The van der Waals surface area contributed by atoms with Crippen molar-refractivity contribution in [3.63, 3.8) is 0 Å². The summed E-state index contributed by atoms with van der Waals surface area (Å²) >= 11 is 0. The van der Waals surface area contributed by atoms with Gasteiger partial charge in [0.15, 0.2) is 0 Å². The molecule has 1 aliphatic heterocycles. The number of carbonyl (C=O) groups excluding carboxylic acids is 1. The topological polar surface area (TPSA) is 69.6 Å². The molecule has 3 atom stereocenters. The van der Waals surface area contributed by atoms with E-state index in [0.717, 1.165) is 25.9 Å². The number of nitrogens with zero attached hydrogens (tertiary/aromatic N) is 1. The quantitative estimate of drug-likeness (QED) is 0.804. The second kappa shape index (κ2) is 6.37. The summed E-state index contributed by atoms with van der Waals surface area (Å²) in [7, 11) is 0. The lowest BCUT2D eigenvalue weighted by molar-refractivity contribution is -0.146. The standard InChI is InChI=1S/C14H24N2O3/c1-2-13(17)15-10-5-6-12(11(9-10)14(18)19)16-7-3-4-8-16/h10-12H,2-9H2,1H3,(H,15,17)(H,18,19). The van der Waals surface area contributed by atoms with Crippen LogP contribution >= 0.6 is 0 Å². The third-order valence-electron chi connectivity index (χ3n) is 4.43. The van der Waals surface area contributed by atoms with Crippen LogP contribution in [-0.2, 0) is 9.59 Å². The fraction of sp³-hybridized carbons (Fsp3) is 0.857. The molecular formula is C14H24N2O3. The minimum Gasteiger partial charge on any atom is -0.481 e. The van der Waals surface area contributed by atoms with E-state index in [4.69, 9.17) is 0 Å². The Hall–Kier alpha value is -1.10. The zero-order valence-electron chi connectivity index (χ0n) is 11.6. The highest BCUT2D eigenvalue weighted by atomic mass is 16.4. The summed E-state index contributed by atoms with van der Waals surface area (Å²) in [6.07, 6.45) is 5.17. The molecule has 0 spiro atoms. The second-order valence-corrected chi connectivity index (χ2v) is 5.69. The van der Waals surface area contributed by atoms with Gasteiger partial charge in [0.05, 0.1) is 5.92 Å². The summed E-state index contributed by atoms with van der Waals surface area (Å²) in [6.45, 7) is 3.88. The molecule has 0 aromatic rings. The van der Waals surface area contributed by atoms with Crippen LogP contribution in [-0.4, -0.2) is 47.1 Å². The van der Waals surface area contributed by atoms with Crippen molar-refractivity contribution in [3.8, 4) is 0 Å². The number of carboxylic acid groups (broad SMARTS) is 1. The van der Waals surface area contributed by atoms with E-state index in [9.17, 15) is 14.7 Å². The van der Waals surface area contributed by atoms with E-state index in [2.05, 4.69) is 10.2 Å². The van der Waals surface area contributed by atoms with Gasteiger partial charge in [-0.05, 0) is 45.2 Å². The number of hydrogen-bond donors (Lipinski definition) is 2. The highest BCUT2D eigenvalue weighted by Crippen LogP contribution is 2.31. The molecule has 3 unspecified atom stereocenters. The average Bonchev–Trinajstić information content (AvgIpc) is 2.92. The van der Waals surface area contributed by atoms with Crippen molar-refractivity contribution in [2.45, 2.75) is 57.5 Å². The van der Waals surface area contributed by atoms with E-state index in [1.165, 1.54) is 12.8 Å². The number of amides is 1. The first-order valence-corrected chi connectivity index (χ1v) is 7.38. The van der Waals surface area contributed by atoms with E-state index in [1.54, 1.807) is 0 Å². The third-order valence-corrected chi connectivity index (χ3v) is 4.43. The van der Waals surface area contributed by atoms with Gasteiger partial charge in [0, 0.05) is 18.5 Å². The molecule has 5 heteroatoms. The van der Waals surface area contributed by atoms with Crippen molar-refractivity contribution in [1.29, 1.82) is 0 Å². The van der Waals surface area contributed by atoms with Gasteiger partial charge < -0.3 is 10.4 Å². The SMILES string of the molecule is CCC(=O)NC1CCC(N2CCCC2)C(C(=O)O)C1. The summed E-state index contributed by atoms with van der Waals surface area (Å²) in [5, 5.41) is 12.4. The van der Waals surface area contributed by atoms with Crippen LogP contribution in [0.5, 0.6) is 0 Å². The highest BCUT2D eigenvalue weighted by molar-refractivity contribution is 5.76. The van der Waals surface area contributed by atoms with Crippen LogP contribution in [0.1, 0.15) is 45.4 Å². The average molecular weight is 268 g/mol. The van der Waals surface area contributed by atoms with Gasteiger partial charge in [-0.25, -0.2) is 0 Å². The zero-order valence-corrected chi connectivity index (χ0v) is 11.6. The molecule has 0 bridgehead atoms. The van der Waals surface area contributed by atoms with Gasteiger partial charge in [-0.15, -0.1) is 0 Å². The van der Waals surface area contributed by atoms with Crippen LogP contribution in [0, 0.1) is 5.92 Å². The molecule has 0 radical (unpaired) electrons. The Morgan fingerprint density at radius 2 is 1.95 bits per heavy atom. The predicted octanol–water partition coefficient (Wildman–Crippen LogP) is 1.23. The van der Waals surface area contributed by atoms with Crippen molar-refractivity contribution in [2.24, 2.45) is 5.92 Å². The maximum Gasteiger partial charge on any atom is 0.308 e. The highest BCUT2D eigenvalue weighted by Gasteiger charge is 2.39. The fourth-order valence-corrected chi connectivity index (χ4v) is 3.39. The molecule has 2 fully saturated rings. The van der Waals surface area contributed by atoms with Crippen LogP contribution in [0.15, 0.2) is 0 Å². The maximum absolute atomic E-state index is 11.5. The van der Waals surface area contributed by atoms with E-state index >= 15 is 0 Å². The van der Waals surface area contributed by atoms with Crippen LogP contribution in [0.3, 0.4) is 0 Å². The Bertz CT molecular complexity index is 340. The summed E-state index contributed by atoms with van der Waals surface area (Å²) in [6, 6.07) is 0.196. The van der Waals surface area contributed by atoms with Crippen LogP contribution in [0.25, 0.3) is 0 Å². The Morgan fingerprint density at radius 3 is 2.53 bits per heavy atom. The van der Waals surface area contributed by atoms with Gasteiger partial charge in [-0.3, -0.25) is 14.5 Å². The maximum atomic E-state index is 11.5. The van der Waals surface area contributed by atoms with Gasteiger partial charge in [-0.2, -0.15) is 0 Å². The molecule has 19 heavy (non-hydrogen) atoms. The minimum absolute atomic E-state index is 0.0220. The lowest BCUT2D eigenvalue weighted by atomic mass is 9.80. The van der Waals surface area contributed by atoms with Crippen LogP contribution in [0.2, 0.25) is 0 Å². The summed E-state index contributed by atoms with van der Waals surface area (Å²) < 4.78 is 0. The molecule has 1 amide bonds. The molecule has 5 nitrogen and oxygen atoms in total. The van der Waals surface area contributed by atoms with Gasteiger partial charge in [0.25, 0.3) is 0 Å². The smallest absolute Gasteiger partial charge is 0.308 e. The Labute approximate surface area is 114 Å². The van der Waals surface area contributed by atoms with E-state index in [-0.39, 0.29) is 23.9 Å². The molecule has 1 aliphatic carbocycles. The number of likely N-dealkylation sites (tertiary alicyclic amines) is 1. The van der Waals surface area contributed by atoms with Crippen molar-refractivity contribution in [3.05, 3.63) is 0 Å². The van der Waals surface area contributed by atoms with Gasteiger partial charge >= 0.3 is 5.97 Å². The summed E-state index contributed by atoms with van der Waals surface area (Å²) in [5.41, 5.74) is 0. The normalized spacial score (nSPS) is 32.2. The molecule has 1 saturated heterocycles. The van der Waals surface area contributed by atoms with E-state index in [0.29, 0.717) is 12.8 Å². The molecule has 2 aliphatic rings. The number of nitrogens with one attached hydrogen (secondary N) is 1. The number of hydrogen-bond acceptors (Lipinski definition) is 3. The molecule has 1 saturated carbocycles. The molecule has 2 N–H and O–H groups in total. The van der Waals surface area contributed by atoms with Gasteiger partial charge in [0.1, 0.15) is 0 Å². The summed E-state index contributed by atoms with van der Waals surface area (Å²) in [4.78, 5) is 25.2. The Kier molecular flexibility index (Phi) is 4.80. The van der Waals surface area contributed by atoms with Crippen molar-refractivity contribution in [1.82, 2.24) is 10.2 Å². The molecule has 108 valence electrons. The lowest BCUT2D eigenvalue weighted by Crippen LogP contribution is -2.50. The van der Waals surface area contributed by atoms with Crippen LogP contribution < -0.4 is 5.32 Å².